The zero-order valence-corrected chi connectivity index (χ0v) is 16.8. The number of fused-ring (bicyclic) bond motifs is 2. The Bertz CT molecular complexity index is 921. The number of phenolic OH excluding ortho intramolecular Hbond substituents is 2. The first-order chi connectivity index (χ1) is 13.9. The maximum absolute atomic E-state index is 13.3. The smallest absolute Gasteiger partial charge is 0.260 e. The van der Waals surface area contributed by atoms with Crippen LogP contribution in [0.3, 0.4) is 0 Å². The average Bonchev–Trinajstić information content (AvgIpc) is 2.82. The normalized spacial score (nSPS) is 13.7. The molecule has 0 saturated carbocycles. The number of nitrogens with zero attached hydrogens (tertiary/aromatic N) is 1. The van der Waals surface area contributed by atoms with Crippen LogP contribution in [0.4, 0.5) is 17.1 Å². The molecule has 0 aliphatic carbocycles. The molecule has 0 fully saturated rings. The van der Waals surface area contributed by atoms with Crippen molar-refractivity contribution in [3.63, 3.8) is 0 Å². The molecule has 2 aromatic rings. The zero-order valence-electron chi connectivity index (χ0n) is 16.8. The molecule has 0 unspecified atom stereocenters. The van der Waals surface area contributed by atoms with E-state index in [1.807, 2.05) is 13.0 Å². The highest BCUT2D eigenvalue weighted by atomic mass is 16.7. The summed E-state index contributed by atoms with van der Waals surface area (Å²) in [5, 5.41) is 23.3. The number of phenols is 2. The van der Waals surface area contributed by atoms with Crippen molar-refractivity contribution in [2.75, 3.05) is 31.0 Å². The van der Waals surface area contributed by atoms with E-state index >= 15 is 0 Å². The molecule has 154 valence electrons. The predicted octanol–water partition coefficient (Wildman–Crippen LogP) is 4.15. The fourth-order valence-electron chi connectivity index (χ4n) is 3.30. The lowest BCUT2D eigenvalue weighted by atomic mass is 10.1. The summed E-state index contributed by atoms with van der Waals surface area (Å²) in [6.45, 7) is 2.31. The fraction of sp³-hybridized carbons (Fsp3) is 0.318. The van der Waals surface area contributed by atoms with Gasteiger partial charge in [0.15, 0.2) is 6.29 Å². The first-order valence-electron chi connectivity index (χ1n) is 9.39. The molecular formula is C22H26N2O5. The number of rotatable bonds is 7. The van der Waals surface area contributed by atoms with Crippen LogP contribution in [0.15, 0.2) is 48.0 Å². The quantitative estimate of drug-likeness (QED) is 0.281. The van der Waals surface area contributed by atoms with Gasteiger partial charge in [-0.15, -0.1) is 0 Å². The van der Waals surface area contributed by atoms with E-state index < -0.39 is 0 Å². The van der Waals surface area contributed by atoms with Crippen LogP contribution in [-0.4, -0.2) is 43.2 Å². The standard InChI is InChI=1S/C22H26N2O5/c1-14(7-10-20(28-2)29-3)11-12-24-18-13-15(25)8-9-17(18)23-21-16(22(24)27)5-4-6-19(21)26/h4-6,8-9,11,13,20,23,25-26H,7,10,12H2,1-3H3/b14-11+. The first-order valence-corrected chi connectivity index (χ1v) is 9.39. The van der Waals surface area contributed by atoms with Crippen LogP contribution < -0.4 is 10.2 Å². The molecule has 0 aromatic heterocycles. The number of para-hydroxylation sites is 1. The van der Waals surface area contributed by atoms with Gasteiger partial charge in [0, 0.05) is 33.3 Å². The highest BCUT2D eigenvalue weighted by molar-refractivity contribution is 6.14. The second kappa shape index (κ2) is 8.98. The van der Waals surface area contributed by atoms with E-state index in [0.29, 0.717) is 35.6 Å². The number of ether oxygens (including phenoxy) is 2. The zero-order chi connectivity index (χ0) is 21.0. The summed E-state index contributed by atoms with van der Waals surface area (Å²) >= 11 is 0. The summed E-state index contributed by atoms with van der Waals surface area (Å²) in [5.41, 5.74) is 2.98. The molecule has 1 heterocycles. The predicted molar refractivity (Wildman–Crippen MR) is 112 cm³/mol. The molecule has 3 rings (SSSR count). The number of hydrogen-bond donors (Lipinski definition) is 3. The Kier molecular flexibility index (Phi) is 6.41. The van der Waals surface area contributed by atoms with Crippen molar-refractivity contribution in [3.8, 4) is 11.5 Å². The second-order valence-corrected chi connectivity index (χ2v) is 6.93. The van der Waals surface area contributed by atoms with Crippen molar-refractivity contribution in [3.05, 3.63) is 53.6 Å². The maximum atomic E-state index is 13.3. The number of methoxy groups -OCH3 is 2. The Morgan fingerprint density at radius 1 is 1.21 bits per heavy atom. The lowest BCUT2D eigenvalue weighted by Gasteiger charge is -2.22. The molecule has 1 aliphatic rings. The Morgan fingerprint density at radius 2 is 1.97 bits per heavy atom. The second-order valence-electron chi connectivity index (χ2n) is 6.93. The summed E-state index contributed by atoms with van der Waals surface area (Å²) in [5.74, 6) is -0.209. The molecular weight excluding hydrogens is 372 g/mol. The number of aromatic hydroxyl groups is 2. The summed E-state index contributed by atoms with van der Waals surface area (Å²) < 4.78 is 10.4. The van der Waals surface area contributed by atoms with E-state index in [4.69, 9.17) is 9.47 Å². The SMILES string of the molecule is COC(CC/C(C)=C/CN1C(=O)c2cccc(O)c2Nc2ccc(O)cc21)OC. The van der Waals surface area contributed by atoms with Crippen molar-refractivity contribution in [2.45, 2.75) is 26.1 Å². The van der Waals surface area contributed by atoms with Gasteiger partial charge < -0.3 is 29.9 Å². The Morgan fingerprint density at radius 3 is 2.69 bits per heavy atom. The van der Waals surface area contributed by atoms with E-state index in [9.17, 15) is 15.0 Å². The van der Waals surface area contributed by atoms with Gasteiger partial charge in [-0.05, 0) is 37.6 Å². The molecule has 0 bridgehead atoms. The number of amides is 1. The topological polar surface area (TPSA) is 91.3 Å². The molecule has 3 N–H and O–H groups in total. The van der Waals surface area contributed by atoms with Crippen LogP contribution in [-0.2, 0) is 9.47 Å². The lowest BCUT2D eigenvalue weighted by molar-refractivity contribution is -0.105. The van der Waals surface area contributed by atoms with Gasteiger partial charge in [0.25, 0.3) is 5.91 Å². The minimum atomic E-state index is -0.269. The van der Waals surface area contributed by atoms with Gasteiger partial charge in [-0.3, -0.25) is 4.79 Å². The number of hydrogen-bond acceptors (Lipinski definition) is 6. The van der Waals surface area contributed by atoms with Crippen LogP contribution in [0.2, 0.25) is 0 Å². The third kappa shape index (κ3) is 4.52. The van der Waals surface area contributed by atoms with Gasteiger partial charge in [0.05, 0.1) is 22.6 Å². The summed E-state index contributed by atoms with van der Waals surface area (Å²) in [7, 11) is 3.21. The van der Waals surface area contributed by atoms with Gasteiger partial charge in [-0.25, -0.2) is 0 Å². The highest BCUT2D eigenvalue weighted by Crippen LogP contribution is 2.41. The van der Waals surface area contributed by atoms with Crippen molar-refractivity contribution in [1.82, 2.24) is 0 Å². The van der Waals surface area contributed by atoms with Gasteiger partial charge in [0.1, 0.15) is 11.5 Å². The minimum absolute atomic E-state index is 0.00591. The fourth-order valence-corrected chi connectivity index (χ4v) is 3.30. The van der Waals surface area contributed by atoms with Crippen LogP contribution in [0.25, 0.3) is 0 Å². The number of carbonyl (C=O) groups excluding carboxylic acids is 1. The average molecular weight is 398 g/mol. The molecule has 2 aromatic carbocycles. The minimum Gasteiger partial charge on any atom is -0.508 e. The van der Waals surface area contributed by atoms with E-state index in [1.165, 1.54) is 18.2 Å². The third-order valence-corrected chi connectivity index (χ3v) is 4.97. The molecule has 0 atom stereocenters. The summed E-state index contributed by atoms with van der Waals surface area (Å²) in [4.78, 5) is 14.8. The van der Waals surface area contributed by atoms with Gasteiger partial charge >= 0.3 is 0 Å². The summed E-state index contributed by atoms with van der Waals surface area (Å²) in [6.07, 6.45) is 3.17. The monoisotopic (exact) mass is 398 g/mol. The molecule has 0 spiro atoms. The highest BCUT2D eigenvalue weighted by Gasteiger charge is 2.28. The lowest BCUT2D eigenvalue weighted by Crippen LogP contribution is -2.30. The van der Waals surface area contributed by atoms with Crippen molar-refractivity contribution in [1.29, 1.82) is 0 Å². The Labute approximate surface area is 170 Å². The third-order valence-electron chi connectivity index (χ3n) is 4.97. The van der Waals surface area contributed by atoms with Crippen molar-refractivity contribution >= 4 is 23.0 Å². The van der Waals surface area contributed by atoms with E-state index in [2.05, 4.69) is 5.32 Å². The van der Waals surface area contributed by atoms with Gasteiger partial charge in [0.2, 0.25) is 0 Å². The molecule has 0 saturated heterocycles. The van der Waals surface area contributed by atoms with Crippen molar-refractivity contribution < 1.29 is 24.5 Å². The number of allylic oxidation sites excluding steroid dienone is 1. The molecule has 29 heavy (non-hydrogen) atoms. The van der Waals surface area contributed by atoms with Crippen LogP contribution >= 0.6 is 0 Å². The van der Waals surface area contributed by atoms with Gasteiger partial charge in [-0.1, -0.05) is 17.7 Å². The largest absolute Gasteiger partial charge is 0.508 e. The van der Waals surface area contributed by atoms with E-state index in [0.717, 1.165) is 12.0 Å². The van der Waals surface area contributed by atoms with Crippen LogP contribution in [0.1, 0.15) is 30.1 Å². The molecule has 7 nitrogen and oxygen atoms in total. The maximum Gasteiger partial charge on any atom is 0.260 e. The number of benzene rings is 2. The van der Waals surface area contributed by atoms with Crippen LogP contribution in [0.5, 0.6) is 11.5 Å². The first kappa shape index (κ1) is 20.7. The molecule has 7 heteroatoms. The molecule has 1 aliphatic heterocycles. The molecule has 0 radical (unpaired) electrons. The number of nitrogens with one attached hydrogen (secondary N) is 1. The number of anilines is 3. The van der Waals surface area contributed by atoms with Crippen molar-refractivity contribution in [2.24, 2.45) is 0 Å². The van der Waals surface area contributed by atoms with E-state index in [-0.39, 0.29) is 23.7 Å². The van der Waals surface area contributed by atoms with E-state index in [1.54, 1.807) is 37.3 Å². The summed E-state index contributed by atoms with van der Waals surface area (Å²) in [6, 6.07) is 9.59. The Hall–Kier alpha value is -3.03. The van der Waals surface area contributed by atoms with Crippen LogP contribution in [0, 0.1) is 0 Å². The Balaban J connectivity index is 1.91. The van der Waals surface area contributed by atoms with Gasteiger partial charge in [-0.2, -0.15) is 0 Å². The number of carbonyl (C=O) groups is 1. The molecule has 1 amide bonds.